The maximum atomic E-state index is 13.4. The topological polar surface area (TPSA) is 67.9 Å². The van der Waals surface area contributed by atoms with Gasteiger partial charge in [-0.1, -0.05) is 18.2 Å². The second kappa shape index (κ2) is 9.09. The van der Waals surface area contributed by atoms with Crippen LogP contribution in [-0.2, 0) is 14.3 Å². The number of carbonyl (C=O) groups is 2. The fourth-order valence-corrected chi connectivity index (χ4v) is 3.21. The Bertz CT molecular complexity index is 983. The van der Waals surface area contributed by atoms with Crippen molar-refractivity contribution in [2.24, 2.45) is 0 Å². The molecule has 2 aromatic carbocycles. The van der Waals surface area contributed by atoms with Gasteiger partial charge in [0.1, 0.15) is 17.3 Å². The van der Waals surface area contributed by atoms with E-state index in [2.05, 4.69) is 5.32 Å². The van der Waals surface area contributed by atoms with E-state index in [-0.39, 0.29) is 30.5 Å². The van der Waals surface area contributed by atoms with Crippen molar-refractivity contribution in [3.8, 4) is 5.75 Å². The van der Waals surface area contributed by atoms with Gasteiger partial charge in [-0.15, -0.1) is 0 Å². The standard InChI is InChI=1S/C23H25FN2O4/c1-14(2)30-12-11-26-22(27)20(16-6-8-17(24)9-7-16)21(23(26)28)25-18-13-15(3)5-10-19(18)29-4/h5-10,13-14,25H,11-12H2,1-4H3. The van der Waals surface area contributed by atoms with Gasteiger partial charge in [0.15, 0.2) is 0 Å². The van der Waals surface area contributed by atoms with Crippen LogP contribution in [0.5, 0.6) is 5.75 Å². The molecule has 158 valence electrons. The molecule has 30 heavy (non-hydrogen) atoms. The SMILES string of the molecule is COc1ccc(C)cc1NC1=C(c2ccc(F)cc2)C(=O)N(CCOC(C)C)C1=O. The third-order valence-electron chi connectivity index (χ3n) is 4.68. The van der Waals surface area contributed by atoms with Crippen LogP contribution in [0.2, 0.25) is 0 Å². The summed E-state index contributed by atoms with van der Waals surface area (Å²) in [6.07, 6.45) is -0.0171. The first-order valence-corrected chi connectivity index (χ1v) is 9.71. The number of hydrogen-bond acceptors (Lipinski definition) is 5. The van der Waals surface area contributed by atoms with Gasteiger partial charge in [0, 0.05) is 0 Å². The summed E-state index contributed by atoms with van der Waals surface area (Å²) in [7, 11) is 1.53. The Kier molecular flexibility index (Phi) is 6.52. The van der Waals surface area contributed by atoms with Crippen LogP contribution in [0.4, 0.5) is 10.1 Å². The van der Waals surface area contributed by atoms with Gasteiger partial charge in [0.25, 0.3) is 11.8 Å². The van der Waals surface area contributed by atoms with E-state index in [0.29, 0.717) is 17.0 Å². The number of aryl methyl sites for hydroxylation is 1. The van der Waals surface area contributed by atoms with Gasteiger partial charge < -0.3 is 14.8 Å². The molecule has 1 aliphatic rings. The number of methoxy groups -OCH3 is 1. The minimum absolute atomic E-state index is 0.0171. The summed E-state index contributed by atoms with van der Waals surface area (Å²) < 4.78 is 24.3. The number of nitrogens with zero attached hydrogens (tertiary/aromatic N) is 1. The Hall–Kier alpha value is -3.19. The molecule has 0 fully saturated rings. The average molecular weight is 412 g/mol. The first-order chi connectivity index (χ1) is 14.3. The maximum absolute atomic E-state index is 13.4. The van der Waals surface area contributed by atoms with Crippen LogP contribution in [-0.4, -0.2) is 43.1 Å². The van der Waals surface area contributed by atoms with E-state index in [1.165, 1.54) is 31.4 Å². The molecular weight excluding hydrogens is 387 g/mol. The highest BCUT2D eigenvalue weighted by atomic mass is 19.1. The Morgan fingerprint density at radius 1 is 1.07 bits per heavy atom. The van der Waals surface area contributed by atoms with Crippen molar-refractivity contribution >= 4 is 23.1 Å². The monoisotopic (exact) mass is 412 g/mol. The number of benzene rings is 2. The van der Waals surface area contributed by atoms with Gasteiger partial charge in [-0.3, -0.25) is 14.5 Å². The number of nitrogens with one attached hydrogen (secondary N) is 1. The van der Waals surface area contributed by atoms with Crippen molar-refractivity contribution in [2.45, 2.75) is 26.9 Å². The molecule has 0 aliphatic carbocycles. The van der Waals surface area contributed by atoms with Crippen LogP contribution in [0.3, 0.4) is 0 Å². The molecule has 0 spiro atoms. The third kappa shape index (κ3) is 4.52. The number of carbonyl (C=O) groups excluding carboxylic acids is 2. The van der Waals surface area contributed by atoms with Gasteiger partial charge in [0.05, 0.1) is 37.6 Å². The minimum Gasteiger partial charge on any atom is -0.495 e. The van der Waals surface area contributed by atoms with Crippen molar-refractivity contribution in [3.05, 3.63) is 65.1 Å². The molecular formula is C23H25FN2O4. The second-order valence-electron chi connectivity index (χ2n) is 7.27. The molecule has 0 saturated heterocycles. The van der Waals surface area contributed by atoms with Gasteiger partial charge in [-0.2, -0.15) is 0 Å². The summed E-state index contributed by atoms with van der Waals surface area (Å²) in [5.74, 6) is -0.801. The predicted octanol–water partition coefficient (Wildman–Crippen LogP) is 3.76. The van der Waals surface area contributed by atoms with Crippen LogP contribution in [0.1, 0.15) is 25.0 Å². The maximum Gasteiger partial charge on any atom is 0.278 e. The Balaban J connectivity index is 2.01. The smallest absolute Gasteiger partial charge is 0.278 e. The predicted molar refractivity (Wildman–Crippen MR) is 112 cm³/mol. The lowest BCUT2D eigenvalue weighted by Gasteiger charge is -2.17. The lowest BCUT2D eigenvalue weighted by Crippen LogP contribution is -2.35. The first kappa shape index (κ1) is 21.5. The van der Waals surface area contributed by atoms with Crippen LogP contribution in [0, 0.1) is 12.7 Å². The molecule has 7 heteroatoms. The summed E-state index contributed by atoms with van der Waals surface area (Å²) in [5, 5.41) is 3.08. The van der Waals surface area contributed by atoms with E-state index in [9.17, 15) is 14.0 Å². The fraction of sp³-hybridized carbons (Fsp3) is 0.304. The molecule has 0 radical (unpaired) electrons. The van der Waals surface area contributed by atoms with Crippen molar-refractivity contribution < 1.29 is 23.5 Å². The Morgan fingerprint density at radius 3 is 2.40 bits per heavy atom. The van der Waals surface area contributed by atoms with Crippen molar-refractivity contribution in [1.82, 2.24) is 4.90 Å². The van der Waals surface area contributed by atoms with E-state index in [0.717, 1.165) is 10.5 Å². The molecule has 2 aromatic rings. The fourth-order valence-electron chi connectivity index (χ4n) is 3.21. The molecule has 0 bridgehead atoms. The number of halogens is 1. The van der Waals surface area contributed by atoms with Crippen molar-refractivity contribution in [2.75, 3.05) is 25.6 Å². The summed E-state index contributed by atoms with van der Waals surface area (Å²) in [5.41, 5.74) is 2.29. The van der Waals surface area contributed by atoms with E-state index in [1.54, 1.807) is 6.07 Å². The van der Waals surface area contributed by atoms with Crippen LogP contribution < -0.4 is 10.1 Å². The van der Waals surface area contributed by atoms with Gasteiger partial charge in [-0.25, -0.2) is 4.39 Å². The number of imide groups is 1. The molecule has 1 aliphatic heterocycles. The zero-order valence-corrected chi connectivity index (χ0v) is 17.5. The van der Waals surface area contributed by atoms with E-state index < -0.39 is 17.6 Å². The van der Waals surface area contributed by atoms with E-state index >= 15 is 0 Å². The first-order valence-electron chi connectivity index (χ1n) is 9.71. The van der Waals surface area contributed by atoms with Gasteiger partial charge in [-0.05, 0) is 56.2 Å². The number of amides is 2. The highest BCUT2D eigenvalue weighted by Crippen LogP contribution is 2.33. The van der Waals surface area contributed by atoms with Gasteiger partial charge in [0.2, 0.25) is 0 Å². The highest BCUT2D eigenvalue weighted by molar-refractivity contribution is 6.36. The summed E-state index contributed by atoms with van der Waals surface area (Å²) in [4.78, 5) is 27.4. The largest absolute Gasteiger partial charge is 0.495 e. The normalized spacial score (nSPS) is 14.1. The lowest BCUT2D eigenvalue weighted by molar-refractivity contribution is -0.137. The third-order valence-corrected chi connectivity index (χ3v) is 4.68. The van der Waals surface area contributed by atoms with E-state index in [1.807, 2.05) is 32.9 Å². The second-order valence-corrected chi connectivity index (χ2v) is 7.27. The summed E-state index contributed by atoms with van der Waals surface area (Å²) in [6, 6.07) is 11.0. The van der Waals surface area contributed by atoms with Crippen LogP contribution >= 0.6 is 0 Å². The molecule has 0 aromatic heterocycles. The molecule has 0 atom stereocenters. The zero-order valence-electron chi connectivity index (χ0n) is 17.5. The molecule has 0 unspecified atom stereocenters. The number of ether oxygens (including phenoxy) is 2. The molecule has 1 N–H and O–H groups in total. The van der Waals surface area contributed by atoms with Crippen molar-refractivity contribution in [1.29, 1.82) is 0 Å². The molecule has 2 amide bonds. The van der Waals surface area contributed by atoms with Gasteiger partial charge >= 0.3 is 0 Å². The number of hydrogen-bond donors (Lipinski definition) is 1. The van der Waals surface area contributed by atoms with E-state index in [4.69, 9.17) is 9.47 Å². The molecule has 3 rings (SSSR count). The van der Waals surface area contributed by atoms with Crippen molar-refractivity contribution in [3.63, 3.8) is 0 Å². The zero-order chi connectivity index (χ0) is 21.8. The molecule has 6 nitrogen and oxygen atoms in total. The highest BCUT2D eigenvalue weighted by Gasteiger charge is 2.39. The lowest BCUT2D eigenvalue weighted by atomic mass is 10.0. The quantitative estimate of drug-likeness (QED) is 0.669. The summed E-state index contributed by atoms with van der Waals surface area (Å²) in [6.45, 7) is 6.03. The molecule has 0 saturated carbocycles. The Labute approximate surface area is 175 Å². The van der Waals surface area contributed by atoms with Crippen LogP contribution in [0.25, 0.3) is 5.57 Å². The Morgan fingerprint density at radius 2 is 1.77 bits per heavy atom. The minimum atomic E-state index is -0.463. The van der Waals surface area contributed by atoms with Crippen LogP contribution in [0.15, 0.2) is 48.2 Å². The number of anilines is 1. The average Bonchev–Trinajstić information content (AvgIpc) is 2.93. The number of rotatable bonds is 8. The molecule has 1 heterocycles. The summed E-state index contributed by atoms with van der Waals surface area (Å²) >= 11 is 0.